The number of nitrogens with zero attached hydrogens (tertiary/aromatic N) is 3. The molecule has 1 rings (SSSR count). The van der Waals surface area contributed by atoms with Gasteiger partial charge in [0.05, 0.1) is 13.1 Å². The molecule has 0 unspecified atom stereocenters. The highest BCUT2D eigenvalue weighted by Gasteiger charge is 1.97. The Bertz CT molecular complexity index is 340. The molecule has 0 spiro atoms. The molecule has 5 nitrogen and oxygen atoms in total. The lowest BCUT2D eigenvalue weighted by atomic mass is 10.6. The normalized spacial score (nSPS) is 8.43. The molecule has 14 heavy (non-hydrogen) atoms. The van der Waals surface area contributed by atoms with E-state index < -0.39 is 0 Å². The average Bonchev–Trinajstić information content (AvgIpc) is 2.24. The van der Waals surface area contributed by atoms with Gasteiger partial charge in [-0.1, -0.05) is 11.8 Å². The molecule has 0 amide bonds. The minimum absolute atomic E-state index is 0.354. The predicted molar refractivity (Wildman–Crippen MR) is 53.3 cm³/mol. The highest BCUT2D eigenvalue weighted by molar-refractivity contribution is 5.34. The first-order valence-electron chi connectivity index (χ1n) is 3.83. The SMILES string of the molecule is C#CCNc1n[c]nc(NCC#C)n1. The van der Waals surface area contributed by atoms with Gasteiger partial charge in [0.2, 0.25) is 18.2 Å². The Hall–Kier alpha value is -2.27. The molecule has 0 fully saturated rings. The second kappa shape index (κ2) is 5.39. The van der Waals surface area contributed by atoms with Crippen molar-refractivity contribution in [3.63, 3.8) is 0 Å². The van der Waals surface area contributed by atoms with Gasteiger partial charge in [0, 0.05) is 0 Å². The van der Waals surface area contributed by atoms with Gasteiger partial charge in [-0.3, -0.25) is 0 Å². The molecule has 0 aliphatic carbocycles. The van der Waals surface area contributed by atoms with Crippen molar-refractivity contribution in [3.05, 3.63) is 6.33 Å². The second-order valence-electron chi connectivity index (χ2n) is 2.20. The van der Waals surface area contributed by atoms with Crippen molar-refractivity contribution in [2.24, 2.45) is 0 Å². The van der Waals surface area contributed by atoms with Crippen LogP contribution in [0.5, 0.6) is 0 Å². The first-order chi connectivity index (χ1) is 6.86. The molecule has 0 bridgehead atoms. The van der Waals surface area contributed by atoms with Gasteiger partial charge in [-0.15, -0.1) is 12.8 Å². The lowest BCUT2D eigenvalue weighted by Gasteiger charge is -2.02. The van der Waals surface area contributed by atoms with Gasteiger partial charge in [0.1, 0.15) is 0 Å². The number of rotatable bonds is 4. The van der Waals surface area contributed by atoms with E-state index in [1.807, 2.05) is 0 Å². The van der Waals surface area contributed by atoms with Gasteiger partial charge in [-0.2, -0.15) is 15.0 Å². The Labute approximate surface area is 82.4 Å². The molecule has 0 saturated carbocycles. The lowest BCUT2D eigenvalue weighted by molar-refractivity contribution is 1.02. The molecule has 0 aliphatic heterocycles. The van der Waals surface area contributed by atoms with E-state index in [0.717, 1.165) is 0 Å². The fourth-order valence-corrected chi connectivity index (χ4v) is 0.688. The third kappa shape index (κ3) is 3.00. The van der Waals surface area contributed by atoms with Crippen LogP contribution in [0.25, 0.3) is 0 Å². The summed E-state index contributed by atoms with van der Waals surface area (Å²) in [5.74, 6) is 5.55. The van der Waals surface area contributed by atoms with Crippen molar-refractivity contribution in [3.8, 4) is 24.7 Å². The summed E-state index contributed by atoms with van der Waals surface area (Å²) >= 11 is 0. The van der Waals surface area contributed by atoms with Crippen molar-refractivity contribution in [2.45, 2.75) is 0 Å². The molecule has 5 heteroatoms. The third-order valence-corrected chi connectivity index (χ3v) is 1.22. The predicted octanol–water partition coefficient (Wildman–Crippen LogP) is -0.238. The molecular formula is C9H8N5. The summed E-state index contributed by atoms with van der Waals surface area (Å²) in [6, 6.07) is 0. The Balaban J connectivity index is 2.61. The topological polar surface area (TPSA) is 62.7 Å². The van der Waals surface area contributed by atoms with E-state index in [4.69, 9.17) is 12.8 Å². The second-order valence-corrected chi connectivity index (χ2v) is 2.20. The Kier molecular flexibility index (Phi) is 3.78. The number of hydrogen-bond acceptors (Lipinski definition) is 5. The Morgan fingerprint density at radius 2 is 1.57 bits per heavy atom. The molecule has 1 aromatic heterocycles. The molecule has 69 valence electrons. The van der Waals surface area contributed by atoms with E-state index in [9.17, 15) is 0 Å². The summed E-state index contributed by atoms with van der Waals surface area (Å²) in [6.45, 7) is 0.707. The van der Waals surface area contributed by atoms with Gasteiger partial charge in [0.25, 0.3) is 0 Å². The van der Waals surface area contributed by atoms with Gasteiger partial charge >= 0.3 is 0 Å². The van der Waals surface area contributed by atoms with Crippen molar-refractivity contribution in [1.82, 2.24) is 15.0 Å². The zero-order chi connectivity index (χ0) is 10.2. The van der Waals surface area contributed by atoms with Crippen LogP contribution in [0.3, 0.4) is 0 Å². The van der Waals surface area contributed by atoms with Crippen molar-refractivity contribution >= 4 is 11.9 Å². The fraction of sp³-hybridized carbons (Fsp3) is 0.222. The van der Waals surface area contributed by atoms with Gasteiger partial charge in [-0.25, -0.2) is 0 Å². The highest BCUT2D eigenvalue weighted by Crippen LogP contribution is 1.99. The van der Waals surface area contributed by atoms with Crippen molar-refractivity contribution < 1.29 is 0 Å². The van der Waals surface area contributed by atoms with Crippen molar-refractivity contribution in [1.29, 1.82) is 0 Å². The van der Waals surface area contributed by atoms with Gasteiger partial charge < -0.3 is 10.6 Å². The summed E-state index contributed by atoms with van der Waals surface area (Å²) < 4.78 is 0. The standard InChI is InChI=1S/C9H8N5/c1-3-5-10-8-12-7-13-9(14-8)11-6-4-2/h1-2H,5-6H2,(H2,10,11,12,13,14). The van der Waals surface area contributed by atoms with Crippen LogP contribution in [0.15, 0.2) is 0 Å². The average molecular weight is 186 g/mol. The maximum absolute atomic E-state index is 5.06. The smallest absolute Gasteiger partial charge is 0.228 e. The van der Waals surface area contributed by atoms with Crippen LogP contribution in [0.1, 0.15) is 0 Å². The molecular weight excluding hydrogens is 178 g/mol. The van der Waals surface area contributed by atoms with Crippen LogP contribution in [0, 0.1) is 31.0 Å². The van der Waals surface area contributed by atoms with E-state index >= 15 is 0 Å². The first kappa shape index (κ1) is 9.82. The number of anilines is 2. The molecule has 0 aromatic carbocycles. The van der Waals surface area contributed by atoms with E-state index in [0.29, 0.717) is 25.0 Å². The number of nitrogens with one attached hydrogen (secondary N) is 2. The zero-order valence-corrected chi connectivity index (χ0v) is 7.41. The highest BCUT2D eigenvalue weighted by atomic mass is 15.2. The van der Waals surface area contributed by atoms with E-state index in [2.05, 4.69) is 43.8 Å². The van der Waals surface area contributed by atoms with Crippen molar-refractivity contribution in [2.75, 3.05) is 23.7 Å². The third-order valence-electron chi connectivity index (χ3n) is 1.22. The van der Waals surface area contributed by atoms with E-state index in [1.54, 1.807) is 0 Å². The first-order valence-corrected chi connectivity index (χ1v) is 3.83. The van der Waals surface area contributed by atoms with Gasteiger partial charge in [-0.05, 0) is 0 Å². The zero-order valence-electron chi connectivity index (χ0n) is 7.41. The number of aromatic nitrogens is 3. The Morgan fingerprint density at radius 1 is 1.07 bits per heavy atom. The molecule has 0 atom stereocenters. The van der Waals surface area contributed by atoms with E-state index in [1.165, 1.54) is 0 Å². The van der Waals surface area contributed by atoms with Crippen LogP contribution < -0.4 is 10.6 Å². The maximum atomic E-state index is 5.06. The molecule has 1 radical (unpaired) electrons. The van der Waals surface area contributed by atoms with Crippen LogP contribution in [-0.2, 0) is 0 Å². The van der Waals surface area contributed by atoms with E-state index in [-0.39, 0.29) is 0 Å². The van der Waals surface area contributed by atoms with Crippen LogP contribution in [-0.4, -0.2) is 28.0 Å². The minimum atomic E-state index is 0.354. The summed E-state index contributed by atoms with van der Waals surface area (Å²) in [4.78, 5) is 11.5. The maximum Gasteiger partial charge on any atom is 0.228 e. The summed E-state index contributed by atoms with van der Waals surface area (Å²) in [6.07, 6.45) is 12.5. The molecule has 1 aromatic rings. The largest absolute Gasteiger partial charge is 0.343 e. The summed E-state index contributed by atoms with van der Waals surface area (Å²) in [5.41, 5.74) is 0. The quantitative estimate of drug-likeness (QED) is 0.635. The monoisotopic (exact) mass is 186 g/mol. The summed E-state index contributed by atoms with van der Waals surface area (Å²) in [7, 11) is 0. The summed E-state index contributed by atoms with van der Waals surface area (Å²) in [5, 5.41) is 5.58. The molecule has 2 N–H and O–H groups in total. The lowest BCUT2D eigenvalue weighted by Crippen LogP contribution is -2.08. The molecule has 1 heterocycles. The Morgan fingerprint density at radius 3 is 2.00 bits per heavy atom. The van der Waals surface area contributed by atoms with Gasteiger partial charge in [0.15, 0.2) is 0 Å². The fourth-order valence-electron chi connectivity index (χ4n) is 0.688. The van der Waals surface area contributed by atoms with Crippen LogP contribution >= 0.6 is 0 Å². The van der Waals surface area contributed by atoms with Crippen LogP contribution in [0.2, 0.25) is 0 Å². The minimum Gasteiger partial charge on any atom is -0.343 e. The number of terminal acetylenes is 2. The molecule has 0 saturated heterocycles. The van der Waals surface area contributed by atoms with Crippen LogP contribution in [0.4, 0.5) is 11.9 Å². The molecule has 0 aliphatic rings. The number of hydrogen-bond donors (Lipinski definition) is 2.